The Morgan fingerprint density at radius 2 is 1.63 bits per heavy atom. The molecule has 1 fully saturated rings. The molecule has 0 unspecified atom stereocenters. The first-order valence-corrected chi connectivity index (χ1v) is 15.9. The Bertz CT molecular complexity index is 1800. The number of anilines is 1. The number of hydrogen-bond acceptors (Lipinski definition) is 8. The number of amides is 2. The van der Waals surface area contributed by atoms with Crippen LogP contribution in [0.15, 0.2) is 42.6 Å². The molecular formula is C33H36Cl2N8O3. The summed E-state index contributed by atoms with van der Waals surface area (Å²) >= 11 is 13.9. The van der Waals surface area contributed by atoms with Crippen molar-refractivity contribution < 1.29 is 14.3 Å². The van der Waals surface area contributed by atoms with Crippen LogP contribution in [0.2, 0.25) is 10.0 Å². The molecule has 2 aliphatic heterocycles. The maximum Gasteiger partial charge on any atom is 0.291 e. The summed E-state index contributed by atoms with van der Waals surface area (Å²) < 4.78 is 7.52. The van der Waals surface area contributed by atoms with E-state index in [1.165, 1.54) is 0 Å². The first-order chi connectivity index (χ1) is 22.1. The summed E-state index contributed by atoms with van der Waals surface area (Å²) in [4.78, 5) is 45.3. The first kappa shape index (κ1) is 31.9. The van der Waals surface area contributed by atoms with E-state index in [1.807, 2.05) is 53.9 Å². The number of nitrogens with one attached hydrogen (secondary N) is 1. The van der Waals surface area contributed by atoms with E-state index in [1.54, 1.807) is 26.3 Å². The van der Waals surface area contributed by atoms with Gasteiger partial charge in [0.25, 0.3) is 5.91 Å². The number of fused-ring (bicyclic) bond motifs is 1. The number of methoxy groups -OCH3 is 1. The Morgan fingerprint density at radius 1 is 0.935 bits per heavy atom. The molecule has 13 heteroatoms. The second-order valence-electron chi connectivity index (χ2n) is 11.7. The van der Waals surface area contributed by atoms with Crippen LogP contribution >= 0.6 is 23.2 Å². The van der Waals surface area contributed by atoms with Gasteiger partial charge < -0.3 is 24.4 Å². The molecule has 1 saturated heterocycles. The van der Waals surface area contributed by atoms with E-state index in [9.17, 15) is 9.59 Å². The molecule has 0 bridgehead atoms. The molecule has 46 heavy (non-hydrogen) atoms. The van der Waals surface area contributed by atoms with Gasteiger partial charge in [0.1, 0.15) is 0 Å². The molecule has 0 spiro atoms. The minimum atomic E-state index is -0.334. The fraction of sp³-hybridized carbons (Fsp3) is 0.364. The summed E-state index contributed by atoms with van der Waals surface area (Å²) in [6, 6.07) is 11.0. The molecule has 11 nitrogen and oxygen atoms in total. The first-order valence-electron chi connectivity index (χ1n) is 15.1. The van der Waals surface area contributed by atoms with Gasteiger partial charge in [-0.1, -0.05) is 47.5 Å². The van der Waals surface area contributed by atoms with Crippen LogP contribution in [-0.2, 0) is 31.4 Å². The predicted octanol–water partition coefficient (Wildman–Crippen LogP) is 4.76. The fourth-order valence-electron chi connectivity index (χ4n) is 6.06. The molecule has 0 saturated carbocycles. The van der Waals surface area contributed by atoms with Crippen LogP contribution in [0.4, 0.5) is 5.69 Å². The van der Waals surface area contributed by atoms with Crippen LogP contribution in [0.5, 0.6) is 5.88 Å². The lowest BCUT2D eigenvalue weighted by atomic mass is 10.0. The third kappa shape index (κ3) is 6.32. The largest absolute Gasteiger partial charge is 0.481 e. The van der Waals surface area contributed by atoms with Crippen molar-refractivity contribution in [3.8, 4) is 28.4 Å². The van der Waals surface area contributed by atoms with Gasteiger partial charge in [0.05, 0.1) is 28.5 Å². The van der Waals surface area contributed by atoms with Gasteiger partial charge in [-0.15, -0.1) is 0 Å². The highest BCUT2D eigenvalue weighted by Crippen LogP contribution is 2.41. The van der Waals surface area contributed by atoms with Crippen molar-refractivity contribution in [2.45, 2.75) is 26.4 Å². The van der Waals surface area contributed by atoms with E-state index in [0.29, 0.717) is 76.1 Å². The van der Waals surface area contributed by atoms with Crippen molar-refractivity contribution in [1.82, 2.24) is 34.2 Å². The SMILES string of the molecule is COc1nc(-c2cccc(-c3cccc(NC(=O)c4nc5c(n4C)CCN(C)C5)c3Cl)c2Cl)ncc1CN1CCN(C(C)=O)CC1. The highest BCUT2D eigenvalue weighted by Gasteiger charge is 2.25. The van der Waals surface area contributed by atoms with Crippen molar-refractivity contribution in [3.05, 3.63) is 75.4 Å². The summed E-state index contributed by atoms with van der Waals surface area (Å²) in [5, 5.41) is 3.73. The van der Waals surface area contributed by atoms with Crippen molar-refractivity contribution in [2.75, 3.05) is 52.2 Å². The lowest BCUT2D eigenvalue weighted by Crippen LogP contribution is -2.47. The van der Waals surface area contributed by atoms with Gasteiger partial charge in [-0.25, -0.2) is 9.97 Å². The maximum absolute atomic E-state index is 13.4. The smallest absolute Gasteiger partial charge is 0.291 e. The van der Waals surface area contributed by atoms with Crippen molar-refractivity contribution in [2.24, 2.45) is 7.05 Å². The van der Waals surface area contributed by atoms with E-state index in [4.69, 9.17) is 32.9 Å². The van der Waals surface area contributed by atoms with Gasteiger partial charge in [-0.05, 0) is 19.2 Å². The average Bonchev–Trinajstić information content (AvgIpc) is 3.38. The number of aromatic nitrogens is 4. The number of imidazole rings is 1. The molecule has 240 valence electrons. The normalized spacial score (nSPS) is 15.5. The Labute approximate surface area is 278 Å². The molecule has 2 aromatic carbocycles. The number of carbonyl (C=O) groups is 2. The molecule has 2 aromatic heterocycles. The lowest BCUT2D eigenvalue weighted by molar-refractivity contribution is -0.130. The zero-order valence-corrected chi connectivity index (χ0v) is 27.8. The van der Waals surface area contributed by atoms with Gasteiger partial charge >= 0.3 is 0 Å². The summed E-state index contributed by atoms with van der Waals surface area (Å²) in [7, 11) is 5.50. The third-order valence-corrected chi connectivity index (χ3v) is 9.47. The predicted molar refractivity (Wildman–Crippen MR) is 178 cm³/mol. The molecule has 2 amide bonds. The maximum atomic E-state index is 13.4. The van der Waals surface area contributed by atoms with Crippen LogP contribution in [0, 0.1) is 0 Å². The van der Waals surface area contributed by atoms with Crippen molar-refractivity contribution >= 4 is 40.7 Å². The number of carbonyl (C=O) groups excluding carboxylic acids is 2. The lowest BCUT2D eigenvalue weighted by Gasteiger charge is -2.34. The Morgan fingerprint density at radius 3 is 2.35 bits per heavy atom. The second kappa shape index (κ2) is 13.4. The van der Waals surface area contributed by atoms with Crippen LogP contribution in [-0.4, -0.2) is 92.9 Å². The number of benzene rings is 2. The standard InChI is InChI=1S/C33H36Cl2N8O3/c1-20(44)43-15-13-42(14-16-43)18-21-17-36-30(39-33(21)46-4)24-9-5-7-22(28(24)34)23-8-6-10-25(29(23)35)38-32(45)31-37-26-19-40(2)12-11-27(26)41(31)3/h5-10,17H,11-16,18-19H2,1-4H3,(H,38,45). The van der Waals surface area contributed by atoms with E-state index in [0.717, 1.165) is 43.0 Å². The molecule has 1 N–H and O–H groups in total. The van der Waals surface area contributed by atoms with Crippen LogP contribution in [0.3, 0.4) is 0 Å². The van der Waals surface area contributed by atoms with Gasteiger partial charge in [0, 0.05) is 100 Å². The number of hydrogen-bond donors (Lipinski definition) is 1. The van der Waals surface area contributed by atoms with Gasteiger partial charge in [-0.2, -0.15) is 4.98 Å². The average molecular weight is 664 g/mol. The van der Waals surface area contributed by atoms with Crippen molar-refractivity contribution in [1.29, 1.82) is 0 Å². The molecule has 4 aromatic rings. The summed E-state index contributed by atoms with van der Waals surface area (Å²) in [5.74, 6) is 0.983. The van der Waals surface area contributed by atoms with Crippen molar-refractivity contribution in [3.63, 3.8) is 0 Å². The molecule has 6 rings (SSSR count). The molecule has 0 atom stereocenters. The highest BCUT2D eigenvalue weighted by atomic mass is 35.5. The molecular weight excluding hydrogens is 627 g/mol. The Kier molecular flexibility index (Phi) is 9.28. The minimum Gasteiger partial charge on any atom is -0.481 e. The summed E-state index contributed by atoms with van der Waals surface area (Å²) in [6.07, 6.45) is 2.60. The topological polar surface area (TPSA) is 109 Å². The van der Waals surface area contributed by atoms with Crippen LogP contribution < -0.4 is 10.1 Å². The number of nitrogens with zero attached hydrogens (tertiary/aromatic N) is 7. The highest BCUT2D eigenvalue weighted by molar-refractivity contribution is 6.39. The molecule has 2 aliphatic rings. The number of piperazine rings is 1. The number of ether oxygens (including phenoxy) is 1. The zero-order valence-electron chi connectivity index (χ0n) is 26.3. The Hall–Kier alpha value is -4.03. The monoisotopic (exact) mass is 662 g/mol. The summed E-state index contributed by atoms with van der Waals surface area (Å²) in [6.45, 7) is 6.74. The number of rotatable bonds is 7. The second-order valence-corrected chi connectivity index (χ2v) is 12.4. The van der Waals surface area contributed by atoms with E-state index in [-0.39, 0.29) is 11.8 Å². The fourth-order valence-corrected chi connectivity index (χ4v) is 6.64. The quantitative estimate of drug-likeness (QED) is 0.302. The van der Waals surface area contributed by atoms with E-state index < -0.39 is 0 Å². The number of halogens is 2. The van der Waals surface area contributed by atoms with E-state index >= 15 is 0 Å². The zero-order chi connectivity index (χ0) is 32.5. The Balaban J connectivity index is 1.23. The van der Waals surface area contributed by atoms with Gasteiger partial charge in [0.15, 0.2) is 11.6 Å². The molecule has 4 heterocycles. The molecule has 0 radical (unpaired) electrons. The minimum absolute atomic E-state index is 0.0950. The third-order valence-electron chi connectivity index (χ3n) is 8.66. The molecule has 0 aliphatic carbocycles. The number of likely N-dealkylation sites (N-methyl/N-ethyl adjacent to an activating group) is 1. The van der Waals surface area contributed by atoms with Crippen LogP contribution in [0.1, 0.15) is 34.5 Å². The van der Waals surface area contributed by atoms with Gasteiger partial charge in [-0.3, -0.25) is 14.5 Å². The van der Waals surface area contributed by atoms with E-state index in [2.05, 4.69) is 25.1 Å². The van der Waals surface area contributed by atoms with Crippen LogP contribution in [0.25, 0.3) is 22.5 Å². The van der Waals surface area contributed by atoms with Gasteiger partial charge in [0.2, 0.25) is 11.8 Å². The summed E-state index contributed by atoms with van der Waals surface area (Å²) in [5.41, 5.74) is 5.24.